The minimum Gasteiger partial charge on any atom is -0.281 e. The van der Waals surface area contributed by atoms with E-state index in [-0.39, 0.29) is 28.0 Å². The molecule has 1 aromatic heterocycles. The fourth-order valence-electron chi connectivity index (χ4n) is 3.04. The number of sulfone groups is 1. The van der Waals surface area contributed by atoms with Gasteiger partial charge in [-0.2, -0.15) is 5.10 Å². The summed E-state index contributed by atoms with van der Waals surface area (Å²) in [5.74, 6) is -0.568. The van der Waals surface area contributed by atoms with E-state index in [0.717, 1.165) is 4.90 Å². The van der Waals surface area contributed by atoms with E-state index in [4.69, 9.17) is 0 Å². The lowest BCUT2D eigenvalue weighted by molar-refractivity contribution is -0.124. The number of hydrogen-bond donors (Lipinski definition) is 1. The van der Waals surface area contributed by atoms with Gasteiger partial charge >= 0.3 is 0 Å². The lowest BCUT2D eigenvalue weighted by Gasteiger charge is -2.18. The lowest BCUT2D eigenvalue weighted by Crippen LogP contribution is -2.32. The van der Waals surface area contributed by atoms with Gasteiger partial charge in [-0.15, -0.1) is 0 Å². The minimum absolute atomic E-state index is 0.0854. The molecular formula is C17H19N3O4S. The number of H-pyrrole nitrogens is 1. The summed E-state index contributed by atoms with van der Waals surface area (Å²) in [6, 6.07) is 5.77. The standard InChI is InChI=1S/C17H19N3O4S/c1-10-15(11(2)19-18-10)25(23,24)13-7-5-12(6-8-13)20-14(21)9-17(3,4)16(20)22/h5-8H,9H2,1-4H3,(H,18,19). The van der Waals surface area contributed by atoms with Crippen LogP contribution in [0.2, 0.25) is 0 Å². The molecule has 2 heterocycles. The van der Waals surface area contributed by atoms with Gasteiger partial charge in [-0.25, -0.2) is 8.42 Å². The van der Waals surface area contributed by atoms with Crippen LogP contribution in [-0.4, -0.2) is 30.4 Å². The van der Waals surface area contributed by atoms with Crippen LogP contribution in [0.1, 0.15) is 31.7 Å². The number of imide groups is 1. The normalized spacial score (nSPS) is 17.4. The van der Waals surface area contributed by atoms with Crippen LogP contribution in [0.15, 0.2) is 34.1 Å². The van der Waals surface area contributed by atoms with E-state index in [1.54, 1.807) is 27.7 Å². The molecule has 1 aliphatic heterocycles. The molecule has 0 spiro atoms. The quantitative estimate of drug-likeness (QED) is 0.844. The van der Waals surface area contributed by atoms with Gasteiger partial charge in [-0.1, -0.05) is 13.8 Å². The maximum atomic E-state index is 12.8. The smallest absolute Gasteiger partial charge is 0.239 e. The third-order valence-corrected chi connectivity index (χ3v) is 6.39. The van der Waals surface area contributed by atoms with E-state index in [1.165, 1.54) is 24.3 Å². The zero-order chi connectivity index (χ0) is 18.6. The molecule has 0 saturated carbocycles. The first-order valence-electron chi connectivity index (χ1n) is 7.80. The highest BCUT2D eigenvalue weighted by molar-refractivity contribution is 7.91. The fraction of sp³-hybridized carbons (Fsp3) is 0.353. The van der Waals surface area contributed by atoms with E-state index in [0.29, 0.717) is 17.1 Å². The van der Waals surface area contributed by atoms with E-state index >= 15 is 0 Å². The van der Waals surface area contributed by atoms with Gasteiger partial charge in [0.25, 0.3) is 0 Å². The van der Waals surface area contributed by atoms with Crippen LogP contribution < -0.4 is 4.90 Å². The number of carbonyl (C=O) groups is 2. The number of benzene rings is 1. The number of nitrogens with one attached hydrogen (secondary N) is 1. The van der Waals surface area contributed by atoms with Crippen LogP contribution in [0.5, 0.6) is 0 Å². The second kappa shape index (κ2) is 5.52. The molecular weight excluding hydrogens is 342 g/mol. The molecule has 0 bridgehead atoms. The van der Waals surface area contributed by atoms with E-state index in [9.17, 15) is 18.0 Å². The molecule has 0 atom stereocenters. The monoisotopic (exact) mass is 361 g/mol. The summed E-state index contributed by atoms with van der Waals surface area (Å²) in [6.45, 7) is 6.70. The highest BCUT2D eigenvalue weighted by Crippen LogP contribution is 2.35. The number of carbonyl (C=O) groups excluding carboxylic acids is 2. The van der Waals surface area contributed by atoms with Crippen molar-refractivity contribution in [3.8, 4) is 0 Å². The summed E-state index contributed by atoms with van der Waals surface area (Å²) >= 11 is 0. The summed E-state index contributed by atoms with van der Waals surface area (Å²) in [5.41, 5.74) is 0.494. The van der Waals surface area contributed by atoms with Crippen molar-refractivity contribution in [3.63, 3.8) is 0 Å². The van der Waals surface area contributed by atoms with Crippen LogP contribution in [0.4, 0.5) is 5.69 Å². The Hall–Kier alpha value is -2.48. The van der Waals surface area contributed by atoms with Crippen LogP contribution in [-0.2, 0) is 19.4 Å². The van der Waals surface area contributed by atoms with Gasteiger partial charge in [0.2, 0.25) is 21.7 Å². The fourth-order valence-corrected chi connectivity index (χ4v) is 4.65. The molecule has 25 heavy (non-hydrogen) atoms. The molecule has 0 aliphatic carbocycles. The zero-order valence-electron chi connectivity index (χ0n) is 14.5. The molecule has 0 radical (unpaired) electrons. The molecule has 1 aromatic carbocycles. The Morgan fingerprint density at radius 2 is 1.72 bits per heavy atom. The van der Waals surface area contributed by atoms with Crippen LogP contribution in [0.3, 0.4) is 0 Å². The number of aryl methyl sites for hydroxylation is 2. The van der Waals surface area contributed by atoms with E-state index in [2.05, 4.69) is 10.2 Å². The molecule has 1 saturated heterocycles. The second-order valence-electron chi connectivity index (χ2n) is 6.86. The highest BCUT2D eigenvalue weighted by atomic mass is 32.2. The van der Waals surface area contributed by atoms with Crippen molar-refractivity contribution in [2.75, 3.05) is 4.90 Å². The molecule has 2 aromatic rings. The minimum atomic E-state index is -3.73. The Labute approximate surface area is 146 Å². The molecule has 132 valence electrons. The highest BCUT2D eigenvalue weighted by Gasteiger charge is 2.45. The molecule has 2 amide bonds. The Kier molecular flexibility index (Phi) is 3.83. The predicted octanol–water partition coefficient (Wildman–Crippen LogP) is 2.15. The SMILES string of the molecule is Cc1n[nH]c(C)c1S(=O)(=O)c1ccc(N2C(=O)CC(C)(C)C2=O)cc1. The number of amides is 2. The summed E-state index contributed by atoms with van der Waals surface area (Å²) in [6.07, 6.45) is 0.138. The Morgan fingerprint density at radius 1 is 1.12 bits per heavy atom. The topological polar surface area (TPSA) is 100 Å². The van der Waals surface area contributed by atoms with Crippen molar-refractivity contribution in [3.05, 3.63) is 35.7 Å². The van der Waals surface area contributed by atoms with Crippen molar-refractivity contribution < 1.29 is 18.0 Å². The van der Waals surface area contributed by atoms with Gasteiger partial charge in [0.05, 0.1) is 27.4 Å². The number of rotatable bonds is 3. The van der Waals surface area contributed by atoms with Gasteiger partial charge < -0.3 is 0 Å². The average molecular weight is 361 g/mol. The van der Waals surface area contributed by atoms with Gasteiger partial charge in [-0.05, 0) is 38.1 Å². The van der Waals surface area contributed by atoms with Crippen LogP contribution in [0.25, 0.3) is 0 Å². The number of hydrogen-bond acceptors (Lipinski definition) is 5. The zero-order valence-corrected chi connectivity index (χ0v) is 15.3. The van der Waals surface area contributed by atoms with E-state index < -0.39 is 15.3 Å². The third-order valence-electron chi connectivity index (χ3n) is 4.36. The van der Waals surface area contributed by atoms with Gasteiger partial charge in [0.1, 0.15) is 4.90 Å². The lowest BCUT2D eigenvalue weighted by atomic mass is 9.92. The Balaban J connectivity index is 1.99. The third kappa shape index (κ3) is 2.66. The van der Waals surface area contributed by atoms with Crippen molar-refractivity contribution in [2.45, 2.75) is 43.9 Å². The van der Waals surface area contributed by atoms with Crippen LogP contribution >= 0.6 is 0 Å². The summed E-state index contributed by atoms with van der Waals surface area (Å²) in [7, 11) is -3.73. The van der Waals surface area contributed by atoms with Crippen molar-refractivity contribution >= 4 is 27.3 Å². The second-order valence-corrected chi connectivity index (χ2v) is 8.74. The Bertz CT molecular complexity index is 952. The van der Waals surface area contributed by atoms with Crippen molar-refractivity contribution in [1.29, 1.82) is 0 Å². The first kappa shape index (κ1) is 17.3. The van der Waals surface area contributed by atoms with Gasteiger partial charge in [0, 0.05) is 6.42 Å². The first-order chi connectivity index (χ1) is 11.6. The Morgan fingerprint density at radius 3 is 2.16 bits per heavy atom. The van der Waals surface area contributed by atoms with Crippen molar-refractivity contribution in [2.24, 2.45) is 5.41 Å². The predicted molar refractivity (Wildman–Crippen MR) is 90.8 cm³/mol. The van der Waals surface area contributed by atoms with E-state index in [1.807, 2.05) is 0 Å². The molecule has 1 fully saturated rings. The summed E-state index contributed by atoms with van der Waals surface area (Å²) < 4.78 is 25.6. The van der Waals surface area contributed by atoms with Crippen LogP contribution in [0, 0.1) is 19.3 Å². The number of anilines is 1. The molecule has 3 rings (SSSR count). The first-order valence-corrected chi connectivity index (χ1v) is 9.28. The number of aromatic amines is 1. The number of aromatic nitrogens is 2. The van der Waals surface area contributed by atoms with Crippen molar-refractivity contribution in [1.82, 2.24) is 10.2 Å². The molecule has 1 aliphatic rings. The maximum absolute atomic E-state index is 12.8. The largest absolute Gasteiger partial charge is 0.281 e. The van der Waals surface area contributed by atoms with Gasteiger partial charge in [0.15, 0.2) is 0 Å². The average Bonchev–Trinajstić information content (AvgIpc) is 2.96. The molecule has 7 nitrogen and oxygen atoms in total. The maximum Gasteiger partial charge on any atom is 0.239 e. The molecule has 1 N–H and O–H groups in total. The summed E-state index contributed by atoms with van der Waals surface area (Å²) in [4.78, 5) is 25.9. The van der Waals surface area contributed by atoms with Gasteiger partial charge in [-0.3, -0.25) is 19.6 Å². The number of nitrogens with zero attached hydrogens (tertiary/aromatic N) is 2. The molecule has 0 unspecified atom stereocenters. The summed E-state index contributed by atoms with van der Waals surface area (Å²) in [5, 5.41) is 6.59. The molecule has 8 heteroatoms.